The number of amides is 8. The standard InChI is InChI=1S/C57H67N7O18/c1-28(2)47(63-39(66)14-7-6-8-22-64-40(67)19-20-41(64)68)54(75)62-36(12-10-21-59-55(58)76)53(74)61-33-17-15-31(16-18-33)27-80-56(77)60-26-32-23-42(81-29(3)48(32)69)82-38-25-57(78,30(4)65)24-35-44(38)52(73)46-45(50(35)71)49(70)34-11-9-13-37(79-5)43(34)51(46)72/h9,11,13,15-20,26,28-29,32,36,38,42,47-48,69,71,73,78H,6-8,10,12,14,21-25,27H2,1-5H3,(H,61,74)(H,62,75)(H,63,66)(H3,58,59,76)/t29-,32?,36-,38-,42-,47-,48+,57-/m0/s1. The molecule has 8 atom stereocenters. The van der Waals surface area contributed by atoms with Gasteiger partial charge in [-0.05, 0) is 69.2 Å². The molecular weight excluding hydrogens is 1070 g/mol. The number of nitrogens with two attached hydrogens (primary N) is 1. The molecule has 1 saturated heterocycles. The van der Waals surface area contributed by atoms with Crippen molar-refractivity contribution >= 4 is 70.9 Å². The Morgan fingerprint density at radius 3 is 2.26 bits per heavy atom. The number of imide groups is 1. The molecule has 82 heavy (non-hydrogen) atoms. The lowest BCUT2D eigenvalue weighted by atomic mass is 9.72. The molecule has 3 aromatic rings. The summed E-state index contributed by atoms with van der Waals surface area (Å²) in [5.74, 6) is -7.44. The lowest BCUT2D eigenvalue weighted by molar-refractivity contribution is -0.249. The minimum absolute atomic E-state index is 0.0493. The number of nitrogens with one attached hydrogen (secondary N) is 4. The molecule has 438 valence electrons. The minimum atomic E-state index is -2.17. The van der Waals surface area contributed by atoms with E-state index in [1.807, 2.05) is 0 Å². The molecule has 0 spiro atoms. The number of aliphatic imine (C=N–C) groups is 1. The molecule has 25 heteroatoms. The average Bonchev–Trinajstić information content (AvgIpc) is 1.08. The number of aliphatic hydroxyl groups excluding tert-OH is 1. The number of urea groups is 1. The first-order valence-electron chi connectivity index (χ1n) is 26.8. The van der Waals surface area contributed by atoms with Crippen molar-refractivity contribution in [3.63, 3.8) is 0 Å². The van der Waals surface area contributed by atoms with Crippen molar-refractivity contribution in [1.82, 2.24) is 20.9 Å². The van der Waals surface area contributed by atoms with Gasteiger partial charge < -0.3 is 66.4 Å². The number of carbonyl (C=O) groups excluding carboxylic acids is 10. The number of carbonyl (C=O) groups is 10. The molecule has 4 aliphatic rings. The normalized spacial score (nSPS) is 21.8. The van der Waals surface area contributed by atoms with Crippen LogP contribution in [0.15, 0.2) is 59.6 Å². The number of aliphatic hydroxyl groups is 2. The maximum absolute atomic E-state index is 14.0. The van der Waals surface area contributed by atoms with E-state index in [0.717, 1.165) is 18.0 Å². The molecule has 1 unspecified atom stereocenters. The van der Waals surface area contributed by atoms with Crippen molar-refractivity contribution in [2.75, 3.05) is 25.5 Å². The molecule has 0 bridgehead atoms. The highest BCUT2D eigenvalue weighted by atomic mass is 16.7. The number of ketones is 3. The lowest BCUT2D eigenvalue weighted by Gasteiger charge is -2.42. The average molecular weight is 1140 g/mol. The number of nitrogens with zero attached hydrogens (tertiary/aromatic N) is 2. The van der Waals surface area contributed by atoms with Crippen LogP contribution in [-0.2, 0) is 56.0 Å². The van der Waals surface area contributed by atoms with Crippen LogP contribution in [0.25, 0.3) is 0 Å². The van der Waals surface area contributed by atoms with Crippen molar-refractivity contribution in [2.24, 2.45) is 22.6 Å². The van der Waals surface area contributed by atoms with Gasteiger partial charge in [0.2, 0.25) is 23.5 Å². The summed E-state index contributed by atoms with van der Waals surface area (Å²) < 4.78 is 23.0. The zero-order chi connectivity index (χ0) is 59.7. The summed E-state index contributed by atoms with van der Waals surface area (Å²) >= 11 is 0. The zero-order valence-corrected chi connectivity index (χ0v) is 45.9. The highest BCUT2D eigenvalue weighted by molar-refractivity contribution is 6.31. The number of phenols is 2. The van der Waals surface area contributed by atoms with Gasteiger partial charge in [-0.15, -0.1) is 0 Å². The molecule has 10 N–H and O–H groups in total. The molecule has 8 amide bonds. The number of rotatable bonds is 23. The monoisotopic (exact) mass is 1140 g/mol. The van der Waals surface area contributed by atoms with Gasteiger partial charge in [0.05, 0.1) is 42.1 Å². The van der Waals surface area contributed by atoms with Crippen molar-refractivity contribution in [1.29, 1.82) is 0 Å². The number of ether oxygens (including phenoxy) is 4. The van der Waals surface area contributed by atoms with Gasteiger partial charge in [-0.1, -0.05) is 44.5 Å². The number of unbranched alkanes of at least 4 members (excludes halogenated alkanes) is 2. The van der Waals surface area contributed by atoms with Crippen LogP contribution >= 0.6 is 0 Å². The number of primary amides is 1. The number of Topliss-reactive ketones (excluding diaryl/α,β-unsaturated/α-hetero) is 1. The van der Waals surface area contributed by atoms with Gasteiger partial charge in [0.15, 0.2) is 17.9 Å². The van der Waals surface area contributed by atoms with Gasteiger partial charge in [-0.2, -0.15) is 4.99 Å². The largest absolute Gasteiger partial charge is 0.507 e. The van der Waals surface area contributed by atoms with E-state index in [2.05, 4.69) is 26.3 Å². The minimum Gasteiger partial charge on any atom is -0.507 e. The number of methoxy groups -OCH3 is 1. The van der Waals surface area contributed by atoms with Crippen LogP contribution in [0.2, 0.25) is 0 Å². The van der Waals surface area contributed by atoms with Gasteiger partial charge in [-0.3, -0.25) is 43.3 Å². The molecule has 7 rings (SSSR count). The Bertz CT molecular complexity index is 3070. The lowest BCUT2D eigenvalue weighted by Crippen LogP contribution is -2.54. The van der Waals surface area contributed by atoms with Gasteiger partial charge in [-0.25, -0.2) is 9.59 Å². The Morgan fingerprint density at radius 2 is 1.60 bits per heavy atom. The molecule has 2 heterocycles. The third-order valence-electron chi connectivity index (χ3n) is 14.8. The topological polar surface area (TPSA) is 378 Å². The van der Waals surface area contributed by atoms with E-state index < -0.39 is 131 Å². The number of phenolic OH excluding ortho intramolecular Hbond substituents is 2. The Morgan fingerprint density at radius 1 is 0.902 bits per heavy atom. The van der Waals surface area contributed by atoms with Gasteiger partial charge >= 0.3 is 12.1 Å². The van der Waals surface area contributed by atoms with Crippen LogP contribution in [0.3, 0.4) is 0 Å². The Balaban J connectivity index is 0.949. The second kappa shape index (κ2) is 26.5. The Hall–Kier alpha value is -8.39. The Kier molecular flexibility index (Phi) is 19.8. The maximum Gasteiger partial charge on any atom is 0.433 e. The smallest absolute Gasteiger partial charge is 0.433 e. The fourth-order valence-corrected chi connectivity index (χ4v) is 10.3. The molecule has 2 aliphatic carbocycles. The summed E-state index contributed by atoms with van der Waals surface area (Å²) in [4.78, 5) is 134. The Labute approximate surface area is 471 Å². The fraction of sp³-hybridized carbons (Fsp3) is 0.456. The first-order chi connectivity index (χ1) is 38.9. The predicted octanol–water partition coefficient (Wildman–Crippen LogP) is 3.22. The van der Waals surface area contributed by atoms with Crippen LogP contribution in [0.1, 0.15) is 134 Å². The highest BCUT2D eigenvalue weighted by Crippen LogP contribution is 2.52. The van der Waals surface area contributed by atoms with E-state index in [1.54, 1.807) is 26.0 Å². The van der Waals surface area contributed by atoms with Crippen molar-refractivity contribution in [3.8, 4) is 17.2 Å². The maximum atomic E-state index is 14.0. The summed E-state index contributed by atoms with van der Waals surface area (Å²) in [5, 5.41) is 56.9. The summed E-state index contributed by atoms with van der Waals surface area (Å²) in [6.45, 7) is 6.15. The number of benzene rings is 3. The van der Waals surface area contributed by atoms with Gasteiger partial charge in [0.25, 0.3) is 11.8 Å². The molecule has 3 aromatic carbocycles. The summed E-state index contributed by atoms with van der Waals surface area (Å²) in [7, 11) is 1.30. The van der Waals surface area contributed by atoms with Gasteiger partial charge in [0.1, 0.15) is 41.5 Å². The second-order valence-corrected chi connectivity index (χ2v) is 20.9. The number of aromatic hydroxyl groups is 2. The fourth-order valence-electron chi connectivity index (χ4n) is 10.3. The predicted molar refractivity (Wildman–Crippen MR) is 289 cm³/mol. The second-order valence-electron chi connectivity index (χ2n) is 20.9. The van der Waals surface area contributed by atoms with E-state index in [0.29, 0.717) is 30.5 Å². The zero-order valence-electron chi connectivity index (χ0n) is 45.9. The number of hydrogen-bond acceptors (Lipinski definition) is 18. The van der Waals surface area contributed by atoms with E-state index in [-0.39, 0.29) is 91.1 Å². The molecular formula is C57H67N7O18. The SMILES string of the molecule is COc1cccc2c1C(=O)c1c(O)c3c(c(O)c1C2=O)C[C@@](O)(C(C)=O)C[C@@H]3O[C@H]1CC(C=NC(=O)OCc2ccc(NC(=O)[C@H](CCCNC(N)=O)NC(=O)[C@@H](NC(=O)CCCCCN3C(=O)C=CC3=O)C(C)C)cc2)[C@H](O)[C@H](C)O1. The quantitative estimate of drug-likeness (QED) is 0.0223. The first-order valence-corrected chi connectivity index (χ1v) is 26.8. The van der Waals surface area contributed by atoms with Crippen LogP contribution in [0.4, 0.5) is 15.3 Å². The van der Waals surface area contributed by atoms with Crippen molar-refractivity contribution in [2.45, 2.75) is 134 Å². The molecule has 1 fully saturated rings. The first kappa shape index (κ1) is 61.2. The van der Waals surface area contributed by atoms with Crippen molar-refractivity contribution < 1.29 is 87.3 Å². The van der Waals surface area contributed by atoms with E-state index in [4.69, 9.17) is 24.7 Å². The molecule has 0 saturated carbocycles. The van der Waals surface area contributed by atoms with Gasteiger partial charge in [0, 0.05) is 85.4 Å². The van der Waals surface area contributed by atoms with Crippen LogP contribution < -0.4 is 31.7 Å². The summed E-state index contributed by atoms with van der Waals surface area (Å²) in [5.41, 5.74) is 2.18. The highest BCUT2D eigenvalue weighted by Gasteiger charge is 2.50. The van der Waals surface area contributed by atoms with Crippen LogP contribution in [-0.4, -0.2) is 147 Å². The number of anilines is 1. The number of fused-ring (bicyclic) bond motifs is 3. The van der Waals surface area contributed by atoms with E-state index in [1.165, 1.54) is 56.5 Å². The number of hydrogen-bond donors (Lipinski definition) is 9. The molecule has 0 aromatic heterocycles. The summed E-state index contributed by atoms with van der Waals surface area (Å²) in [6, 6.07) is 7.56. The van der Waals surface area contributed by atoms with E-state index in [9.17, 15) is 68.4 Å². The van der Waals surface area contributed by atoms with Crippen LogP contribution in [0.5, 0.6) is 17.2 Å². The third kappa shape index (κ3) is 14.0. The van der Waals surface area contributed by atoms with Crippen LogP contribution in [0, 0.1) is 11.8 Å². The molecule has 0 radical (unpaired) electrons. The van der Waals surface area contributed by atoms with E-state index >= 15 is 0 Å². The summed E-state index contributed by atoms with van der Waals surface area (Å²) in [6.07, 6.45) is -1.68. The molecule has 25 nitrogen and oxygen atoms in total. The van der Waals surface area contributed by atoms with Crippen molar-refractivity contribution in [3.05, 3.63) is 93.6 Å². The molecule has 2 aliphatic heterocycles. The third-order valence-corrected chi connectivity index (χ3v) is 14.8.